The van der Waals surface area contributed by atoms with Crippen molar-refractivity contribution in [2.75, 3.05) is 0 Å². The minimum atomic E-state index is -1.07. The Labute approximate surface area is 322 Å². The second kappa shape index (κ2) is 17.9. The first kappa shape index (κ1) is 44.2. The van der Waals surface area contributed by atoms with Crippen LogP contribution in [0.2, 0.25) is 19.6 Å². The van der Waals surface area contributed by atoms with Crippen molar-refractivity contribution in [3.63, 3.8) is 0 Å². The van der Waals surface area contributed by atoms with Gasteiger partial charge in [-0.25, -0.2) is 16.3 Å². The Hall–Kier alpha value is -1.83. The summed E-state index contributed by atoms with van der Waals surface area (Å²) in [5.74, 6) is 0.553. The summed E-state index contributed by atoms with van der Waals surface area (Å²) >= 11 is 1.30. The molecule has 0 amide bonds. The number of hydrogen-bond donors (Lipinski definition) is 0. The van der Waals surface area contributed by atoms with E-state index in [4.69, 9.17) is 0 Å². The predicted octanol–water partition coefficient (Wildman–Crippen LogP) is 12.8. The summed E-state index contributed by atoms with van der Waals surface area (Å²) in [6.45, 7) is 30.2. The molecular weight excluding hydrogens is 719 g/mol. The van der Waals surface area contributed by atoms with Gasteiger partial charge in [0.2, 0.25) is 0 Å². The van der Waals surface area contributed by atoms with Crippen LogP contribution in [-0.4, -0.2) is 12.3 Å². The summed E-state index contributed by atoms with van der Waals surface area (Å²) in [4.78, 5) is 0. The number of rotatable bonds is 1. The van der Waals surface area contributed by atoms with Gasteiger partial charge in [-0.1, -0.05) is 97.6 Å². The molecule has 0 aromatic heterocycles. The molecule has 4 heteroatoms. The summed E-state index contributed by atoms with van der Waals surface area (Å²) in [6, 6.07) is 22.3. The van der Waals surface area contributed by atoms with Crippen molar-refractivity contribution in [2.24, 2.45) is 5.92 Å². The van der Waals surface area contributed by atoms with Crippen LogP contribution >= 0.6 is 24.8 Å². The summed E-state index contributed by atoms with van der Waals surface area (Å²) < 4.78 is 3.34. The van der Waals surface area contributed by atoms with E-state index in [0.717, 1.165) is 6.42 Å². The van der Waals surface area contributed by atoms with Gasteiger partial charge in [0.1, 0.15) is 0 Å². The monoisotopic (exact) mass is 772 g/mol. The van der Waals surface area contributed by atoms with Crippen molar-refractivity contribution in [1.82, 2.24) is 0 Å². The number of halogens is 2. The van der Waals surface area contributed by atoms with E-state index in [1.165, 1.54) is 85.5 Å². The fraction of sp³-hybridized carbons (Fsp3) is 0.364. The Kier molecular flexibility index (Phi) is 16.5. The van der Waals surface area contributed by atoms with E-state index in [-0.39, 0.29) is 35.6 Å². The van der Waals surface area contributed by atoms with Gasteiger partial charge in [-0.2, -0.15) is 55.0 Å². The third-order valence-electron chi connectivity index (χ3n) is 9.11. The minimum Gasteiger partial charge on any atom is -0.184 e. The van der Waals surface area contributed by atoms with Crippen molar-refractivity contribution < 1.29 is 24.2 Å². The van der Waals surface area contributed by atoms with Crippen LogP contribution in [0.15, 0.2) is 77.5 Å². The van der Waals surface area contributed by atoms with Gasteiger partial charge in [0, 0.05) is 5.41 Å². The van der Waals surface area contributed by atoms with Gasteiger partial charge in [0.05, 0.1) is 0 Å². The SMILES string of the molecule is CC1=[C-]C(C)(C)c2cc3c(cc21)-c1cc2c(cc1C3)C(C)(C)C=C2C.CC1=[C-]C(C)C=C1[Si](C)(C)C.Cl.Cl.[CH2-]C.[CH2]=[Zr].[c-]1ccccc1. The zero-order chi connectivity index (χ0) is 34.6. The standard InChI is InChI=1S/C25H25.C10H17Si.C6H5.C2H5.CH2.2ClH.Zr/c1-14-12-24(3,4)22-8-16-7-17-9-23-19(15(2)13-25(23,5)6)11-21(17)20(16)10-18(14)22;1-8-6-9(2)10(7-8)11(3,4)5;1-2-4-6-5-3-1;1-2;;;;/h8-12H,7H2,1-6H3;7-8H,1-5H3;1-5H;1H2,2H3;1H2;2*1H;/q4*-1;;;;. The largest absolute Gasteiger partial charge is 0.184 e. The van der Waals surface area contributed by atoms with E-state index in [0.29, 0.717) is 5.92 Å². The first-order valence-electron chi connectivity index (χ1n) is 16.6. The maximum Gasteiger partial charge on any atom is -0.171 e. The van der Waals surface area contributed by atoms with Gasteiger partial charge in [0.25, 0.3) is 0 Å². The molecule has 0 spiro atoms. The van der Waals surface area contributed by atoms with Crippen molar-refractivity contribution in [1.29, 1.82) is 0 Å². The molecule has 4 aliphatic carbocycles. The molecule has 0 heterocycles. The average Bonchev–Trinajstić information content (AvgIpc) is 3.69. The Morgan fingerprint density at radius 2 is 1.29 bits per heavy atom. The van der Waals surface area contributed by atoms with Crippen LogP contribution < -0.4 is 0 Å². The second-order valence-corrected chi connectivity index (χ2v) is 19.7. The molecule has 0 N–H and O–H groups in total. The normalized spacial score (nSPS) is 17.6. The minimum absolute atomic E-state index is 0. The summed E-state index contributed by atoms with van der Waals surface area (Å²) in [5, 5.41) is 1.60. The van der Waals surface area contributed by atoms with E-state index in [1.807, 2.05) is 30.3 Å². The number of fused-ring (bicyclic) bond motifs is 5. The smallest absolute Gasteiger partial charge is 0.171 e. The molecule has 0 saturated carbocycles. The van der Waals surface area contributed by atoms with Crippen molar-refractivity contribution >= 4 is 48.2 Å². The average molecular weight is 775 g/mol. The van der Waals surface area contributed by atoms with Gasteiger partial charge in [-0.05, 0) is 66.4 Å². The fourth-order valence-corrected chi connectivity index (χ4v) is 9.21. The Balaban J connectivity index is 0.000000419. The molecular formula is C44H56Cl2SiZr-4. The summed E-state index contributed by atoms with van der Waals surface area (Å²) in [5.41, 5.74) is 15.9. The molecule has 7 rings (SSSR count). The van der Waals surface area contributed by atoms with E-state index >= 15 is 0 Å². The Bertz CT molecular complexity index is 1570. The Morgan fingerprint density at radius 1 is 0.771 bits per heavy atom. The molecule has 4 aliphatic rings. The molecule has 3 aromatic rings. The third-order valence-corrected chi connectivity index (χ3v) is 11.3. The fourth-order valence-electron chi connectivity index (χ4n) is 7.27. The maximum absolute atomic E-state index is 3.65. The molecule has 3 aromatic carbocycles. The summed E-state index contributed by atoms with van der Waals surface area (Å²) in [7, 11) is -1.07. The molecule has 0 nitrogen and oxygen atoms in total. The van der Waals surface area contributed by atoms with Crippen LogP contribution in [0.4, 0.5) is 0 Å². The molecule has 1 unspecified atom stereocenters. The van der Waals surface area contributed by atoms with Gasteiger partial charge in [-0.3, -0.25) is 12.2 Å². The molecule has 0 radical (unpaired) electrons. The van der Waals surface area contributed by atoms with Gasteiger partial charge < -0.3 is 6.92 Å². The van der Waals surface area contributed by atoms with Crippen LogP contribution in [0.1, 0.15) is 95.7 Å². The zero-order valence-electron chi connectivity index (χ0n) is 31.4. The van der Waals surface area contributed by atoms with Crippen LogP contribution in [0.3, 0.4) is 0 Å². The number of hydrogen-bond acceptors (Lipinski definition) is 0. The van der Waals surface area contributed by atoms with Crippen molar-refractivity contribution in [3.8, 4) is 11.1 Å². The van der Waals surface area contributed by atoms with Crippen LogP contribution in [0.25, 0.3) is 22.3 Å². The first-order chi connectivity index (χ1) is 21.6. The second-order valence-electron chi connectivity index (χ2n) is 14.7. The molecule has 48 heavy (non-hydrogen) atoms. The topological polar surface area (TPSA) is 0 Å². The van der Waals surface area contributed by atoms with Crippen LogP contribution in [-0.2, 0) is 41.5 Å². The van der Waals surface area contributed by atoms with E-state index in [9.17, 15) is 0 Å². The molecule has 0 fully saturated rings. The molecule has 0 bridgehead atoms. The molecule has 258 valence electrons. The van der Waals surface area contributed by atoms with E-state index in [1.54, 1.807) is 12.1 Å². The van der Waals surface area contributed by atoms with Gasteiger partial charge in [-0.15, -0.1) is 36.4 Å². The van der Waals surface area contributed by atoms with Crippen molar-refractivity contribution in [3.05, 3.63) is 136 Å². The van der Waals surface area contributed by atoms with E-state index < -0.39 is 8.07 Å². The number of allylic oxidation sites excluding steroid dienone is 8. The zero-order valence-corrected chi connectivity index (χ0v) is 36.5. The van der Waals surface area contributed by atoms with Gasteiger partial charge in [0.15, 0.2) is 0 Å². The Morgan fingerprint density at radius 3 is 1.71 bits per heavy atom. The summed E-state index contributed by atoms with van der Waals surface area (Å²) in [6.07, 6.45) is 12.9. The van der Waals surface area contributed by atoms with Crippen molar-refractivity contribution in [2.45, 2.75) is 99.2 Å². The predicted molar refractivity (Wildman–Crippen MR) is 218 cm³/mol. The third kappa shape index (κ3) is 9.69. The van der Waals surface area contributed by atoms with E-state index in [2.05, 4.69) is 141 Å². The van der Waals surface area contributed by atoms with Crippen LogP contribution in [0.5, 0.6) is 0 Å². The maximum atomic E-state index is 3.65. The van der Waals surface area contributed by atoms with Crippen LogP contribution in [0, 0.1) is 31.1 Å². The molecule has 1 atom stereocenters. The molecule has 0 aliphatic heterocycles. The molecule has 0 saturated heterocycles. The quantitative estimate of drug-likeness (QED) is 0.133. The van der Waals surface area contributed by atoms with Gasteiger partial charge >= 0.3 is 28.4 Å². The number of benzene rings is 3. The first-order valence-corrected chi connectivity index (χ1v) is 21.8.